The van der Waals surface area contributed by atoms with Gasteiger partial charge in [0.25, 0.3) is 0 Å². The molecule has 2 aliphatic rings. The lowest BCUT2D eigenvalue weighted by Gasteiger charge is -2.34. The maximum atomic E-state index is 14.5. The Morgan fingerprint density at radius 3 is 2.32 bits per heavy atom. The summed E-state index contributed by atoms with van der Waals surface area (Å²) in [5, 5.41) is 23.3. The van der Waals surface area contributed by atoms with Crippen LogP contribution >= 0.6 is 11.6 Å². The van der Waals surface area contributed by atoms with Gasteiger partial charge in [0, 0.05) is 42.1 Å². The van der Waals surface area contributed by atoms with Crippen LogP contribution in [0.4, 0.5) is 21.0 Å². The van der Waals surface area contributed by atoms with E-state index in [4.69, 9.17) is 20.9 Å². The van der Waals surface area contributed by atoms with Crippen LogP contribution in [0.5, 0.6) is 0 Å². The predicted octanol–water partition coefficient (Wildman–Crippen LogP) is 2.90. The molecule has 0 bridgehead atoms. The van der Waals surface area contributed by atoms with Crippen molar-refractivity contribution in [2.24, 2.45) is 0 Å². The first-order chi connectivity index (χ1) is 17.1. The van der Waals surface area contributed by atoms with Crippen LogP contribution in [-0.4, -0.2) is 94.0 Å². The molecule has 2 aliphatic heterocycles. The van der Waals surface area contributed by atoms with Crippen LogP contribution in [0.3, 0.4) is 0 Å². The Morgan fingerprint density at radius 2 is 1.78 bits per heavy atom. The summed E-state index contributed by atoms with van der Waals surface area (Å²) in [6, 6.07) is 3.54. The number of hydrogen-bond acceptors (Lipinski definition) is 8. The molecule has 0 radical (unpaired) electrons. The van der Waals surface area contributed by atoms with Crippen LogP contribution in [0.15, 0.2) is 12.1 Å². The number of benzene rings is 1. The van der Waals surface area contributed by atoms with Crippen LogP contribution in [0.25, 0.3) is 10.9 Å². The van der Waals surface area contributed by atoms with Crippen molar-refractivity contribution in [1.29, 1.82) is 0 Å². The number of anilines is 2. The molecule has 2 fully saturated rings. The number of piperazine rings is 1. The Kier molecular flexibility index (Phi) is 7.26. The van der Waals surface area contributed by atoms with Crippen molar-refractivity contribution in [2.45, 2.75) is 64.5 Å². The fraction of sp³-hybridized carbons (Fsp3) is 0.625. The first-order valence-corrected chi connectivity index (χ1v) is 12.7. The summed E-state index contributed by atoms with van der Waals surface area (Å²) >= 11 is 6.72. The minimum atomic E-state index is -1.56. The van der Waals surface area contributed by atoms with Gasteiger partial charge in [-0.3, -0.25) is 0 Å². The standard InChI is InChI=1S/C24H34BClFN5O5/c1-22(2,35)18(27)13-28-20-29-17-12-15(25-36-23(3,4)24(5,6)37-25)16(26)11-14(17)19(30-20)31-7-9-32(10-8-31)21(33)34/h11-12,18,35H,7-10,13H2,1-6H3,(H,33,34)(H,28,29,30). The molecule has 202 valence electrons. The zero-order chi connectivity index (χ0) is 27.3. The first kappa shape index (κ1) is 27.6. The number of halogens is 2. The first-order valence-electron chi connectivity index (χ1n) is 12.3. The van der Waals surface area contributed by atoms with E-state index in [9.17, 15) is 19.4 Å². The molecule has 4 rings (SSSR count). The van der Waals surface area contributed by atoms with Gasteiger partial charge in [0.1, 0.15) is 12.0 Å². The van der Waals surface area contributed by atoms with Crippen molar-refractivity contribution in [3.8, 4) is 0 Å². The second-order valence-electron chi connectivity index (χ2n) is 11.1. The number of nitrogens with zero attached hydrogens (tertiary/aromatic N) is 4. The molecular weight excluding hydrogens is 504 g/mol. The van der Waals surface area contributed by atoms with Crippen molar-refractivity contribution in [3.05, 3.63) is 17.2 Å². The molecule has 10 nitrogen and oxygen atoms in total. The molecule has 37 heavy (non-hydrogen) atoms. The van der Waals surface area contributed by atoms with Crippen molar-refractivity contribution in [1.82, 2.24) is 14.9 Å². The molecule has 1 aromatic heterocycles. The SMILES string of the molecule is CC(C)(O)C(F)CNc1nc(N2CCN(C(=O)O)CC2)c2cc(Cl)c(B3OC(C)(C)C(C)(C)O3)cc2n1. The molecule has 0 saturated carbocycles. The molecule has 0 aliphatic carbocycles. The highest BCUT2D eigenvalue weighted by Crippen LogP contribution is 2.38. The van der Waals surface area contributed by atoms with E-state index in [1.807, 2.05) is 32.6 Å². The second kappa shape index (κ2) is 9.72. The topological polar surface area (TPSA) is 120 Å². The number of alkyl halides is 1. The van der Waals surface area contributed by atoms with Gasteiger partial charge in [-0.2, -0.15) is 4.98 Å². The fourth-order valence-corrected chi connectivity index (χ4v) is 4.41. The van der Waals surface area contributed by atoms with Gasteiger partial charge in [-0.05, 0) is 53.7 Å². The average molecular weight is 538 g/mol. The zero-order valence-corrected chi connectivity index (χ0v) is 22.8. The minimum absolute atomic E-state index is 0.178. The maximum Gasteiger partial charge on any atom is 0.496 e. The van der Waals surface area contributed by atoms with E-state index in [0.717, 1.165) is 0 Å². The summed E-state index contributed by atoms with van der Waals surface area (Å²) in [7, 11) is -0.707. The molecule has 3 heterocycles. The van der Waals surface area contributed by atoms with Crippen LogP contribution in [-0.2, 0) is 9.31 Å². The van der Waals surface area contributed by atoms with Crippen LogP contribution in [0.1, 0.15) is 41.5 Å². The van der Waals surface area contributed by atoms with Crippen LogP contribution in [0.2, 0.25) is 5.02 Å². The van der Waals surface area contributed by atoms with Crippen molar-refractivity contribution in [3.63, 3.8) is 0 Å². The average Bonchev–Trinajstić information content (AvgIpc) is 3.02. The Hall–Kier alpha value is -2.41. The largest absolute Gasteiger partial charge is 0.496 e. The summed E-state index contributed by atoms with van der Waals surface area (Å²) in [6.45, 7) is 11.9. The second-order valence-corrected chi connectivity index (χ2v) is 11.5. The van der Waals surface area contributed by atoms with E-state index in [2.05, 4.69) is 15.3 Å². The normalized spacial score (nSPS) is 20.4. The molecule has 2 saturated heterocycles. The number of amides is 1. The number of fused-ring (bicyclic) bond motifs is 1. The lowest BCUT2D eigenvalue weighted by atomic mass is 9.78. The number of hydrogen-bond donors (Lipinski definition) is 3. The Bertz CT molecular complexity index is 1170. The number of carbonyl (C=O) groups is 1. The lowest BCUT2D eigenvalue weighted by molar-refractivity contribution is 0.00317. The van der Waals surface area contributed by atoms with Gasteiger partial charge >= 0.3 is 13.2 Å². The van der Waals surface area contributed by atoms with E-state index in [1.54, 1.807) is 12.1 Å². The number of carboxylic acid groups (broad SMARTS) is 1. The molecule has 0 spiro atoms. The van der Waals surface area contributed by atoms with Gasteiger partial charge in [-0.1, -0.05) is 11.6 Å². The lowest BCUT2D eigenvalue weighted by Crippen LogP contribution is -2.48. The van der Waals surface area contributed by atoms with E-state index in [0.29, 0.717) is 53.4 Å². The van der Waals surface area contributed by atoms with Crippen molar-refractivity contribution >= 4 is 52.9 Å². The number of rotatable bonds is 6. The Labute approximate surface area is 221 Å². The van der Waals surface area contributed by atoms with Gasteiger partial charge in [0.15, 0.2) is 0 Å². The molecule has 2 aromatic rings. The van der Waals surface area contributed by atoms with E-state index in [-0.39, 0.29) is 12.5 Å². The summed E-state index contributed by atoms with van der Waals surface area (Å²) in [6.07, 6.45) is -2.52. The third kappa shape index (κ3) is 5.57. The van der Waals surface area contributed by atoms with Crippen LogP contribution < -0.4 is 15.7 Å². The van der Waals surface area contributed by atoms with Crippen molar-refractivity contribution in [2.75, 3.05) is 42.9 Å². The molecule has 13 heteroatoms. The maximum absolute atomic E-state index is 14.5. The monoisotopic (exact) mass is 537 g/mol. The number of aliphatic hydroxyl groups is 1. The molecular formula is C24H34BClFN5O5. The van der Waals surface area contributed by atoms with Crippen molar-refractivity contribution < 1.29 is 28.7 Å². The number of nitrogens with one attached hydrogen (secondary N) is 1. The Balaban J connectivity index is 1.73. The minimum Gasteiger partial charge on any atom is -0.465 e. The molecule has 1 aromatic carbocycles. The summed E-state index contributed by atoms with van der Waals surface area (Å²) in [5.41, 5.74) is -1.50. The smallest absolute Gasteiger partial charge is 0.465 e. The predicted molar refractivity (Wildman–Crippen MR) is 142 cm³/mol. The fourth-order valence-electron chi connectivity index (χ4n) is 4.16. The quantitative estimate of drug-likeness (QED) is 0.478. The summed E-state index contributed by atoms with van der Waals surface area (Å²) in [4.78, 5) is 23.9. The highest BCUT2D eigenvalue weighted by Gasteiger charge is 2.52. The molecule has 1 unspecified atom stereocenters. The van der Waals surface area contributed by atoms with Gasteiger partial charge < -0.3 is 34.6 Å². The van der Waals surface area contributed by atoms with E-state index < -0.39 is 36.2 Å². The summed E-state index contributed by atoms with van der Waals surface area (Å²) in [5.74, 6) is 0.732. The van der Waals surface area contributed by atoms with Gasteiger partial charge in [0.05, 0.1) is 28.9 Å². The van der Waals surface area contributed by atoms with Gasteiger partial charge in [0.2, 0.25) is 5.95 Å². The highest BCUT2D eigenvalue weighted by atomic mass is 35.5. The summed E-state index contributed by atoms with van der Waals surface area (Å²) < 4.78 is 26.8. The zero-order valence-electron chi connectivity index (χ0n) is 22.0. The third-order valence-corrected chi connectivity index (χ3v) is 7.68. The Morgan fingerprint density at radius 1 is 1.19 bits per heavy atom. The molecule has 1 amide bonds. The van der Waals surface area contributed by atoms with E-state index >= 15 is 0 Å². The van der Waals surface area contributed by atoms with Crippen LogP contribution in [0, 0.1) is 0 Å². The molecule has 3 N–H and O–H groups in total. The van der Waals surface area contributed by atoms with Gasteiger partial charge in [-0.15, -0.1) is 0 Å². The van der Waals surface area contributed by atoms with Gasteiger partial charge in [-0.25, -0.2) is 14.2 Å². The number of aromatic nitrogens is 2. The third-order valence-electron chi connectivity index (χ3n) is 7.36. The molecule has 1 atom stereocenters. The highest BCUT2D eigenvalue weighted by molar-refractivity contribution is 6.66. The van der Waals surface area contributed by atoms with E-state index in [1.165, 1.54) is 18.7 Å².